The second kappa shape index (κ2) is 7.83. The molecule has 0 saturated heterocycles. The van der Waals surface area contributed by atoms with Gasteiger partial charge in [0.15, 0.2) is 6.10 Å². The number of fused-ring (bicyclic) bond motifs is 1. The minimum Gasteiger partial charge on any atom is -0.376 e. The van der Waals surface area contributed by atoms with Crippen molar-refractivity contribution in [2.75, 3.05) is 11.4 Å². The van der Waals surface area contributed by atoms with E-state index in [9.17, 15) is 32.3 Å². The first kappa shape index (κ1) is 21.6. The number of benzene rings is 2. The summed E-state index contributed by atoms with van der Waals surface area (Å²) in [6.07, 6.45) is -5.06. The zero-order valence-corrected chi connectivity index (χ0v) is 16.6. The van der Waals surface area contributed by atoms with Crippen molar-refractivity contribution in [3.63, 3.8) is 0 Å². The zero-order chi connectivity index (χ0) is 23.2. The van der Waals surface area contributed by atoms with Gasteiger partial charge >= 0.3 is 6.18 Å². The number of halogens is 4. The van der Waals surface area contributed by atoms with Crippen LogP contribution in [0, 0.1) is 5.82 Å². The van der Waals surface area contributed by atoms with E-state index in [0.29, 0.717) is 23.0 Å². The summed E-state index contributed by atoms with van der Waals surface area (Å²) in [5, 5.41) is 17.8. The van der Waals surface area contributed by atoms with Gasteiger partial charge in [-0.3, -0.25) is 9.59 Å². The Kier molecular flexibility index (Phi) is 5.29. The maximum Gasteiger partial charge on any atom is 0.419 e. The van der Waals surface area contributed by atoms with Crippen molar-refractivity contribution in [2.45, 2.75) is 25.7 Å². The average Bonchev–Trinajstić information content (AvgIpc) is 3.20. The molecule has 1 atom stereocenters. The molecule has 0 aliphatic carbocycles. The van der Waals surface area contributed by atoms with E-state index >= 15 is 0 Å². The molecule has 0 saturated carbocycles. The molecule has 0 fully saturated rings. The number of likely N-dealkylation sites (N-methyl/N-ethyl adjacent to an activating group) is 1. The number of hydrogen-bond donors (Lipinski definition) is 1. The molecular formula is C21H16F4N4O3. The Morgan fingerprint density at radius 3 is 2.53 bits per heavy atom. The molecule has 11 heteroatoms. The molecule has 32 heavy (non-hydrogen) atoms. The number of aliphatic hydroxyl groups is 1. The number of aliphatic hydroxyl groups excluding tert-OH is 1. The molecule has 2 heterocycles. The van der Waals surface area contributed by atoms with Gasteiger partial charge in [0.25, 0.3) is 5.91 Å². The van der Waals surface area contributed by atoms with Crippen LogP contribution in [0.3, 0.4) is 0 Å². The highest BCUT2D eigenvalue weighted by Crippen LogP contribution is 2.33. The molecule has 0 radical (unpaired) electrons. The minimum atomic E-state index is -4.78. The van der Waals surface area contributed by atoms with E-state index in [-0.39, 0.29) is 24.2 Å². The normalized spacial score (nSPS) is 16.4. The number of carbonyl (C=O) groups is 2. The lowest BCUT2D eigenvalue weighted by Gasteiger charge is -2.30. The summed E-state index contributed by atoms with van der Waals surface area (Å²) in [4.78, 5) is 25.8. The van der Waals surface area contributed by atoms with Crippen LogP contribution in [0.2, 0.25) is 0 Å². The molecule has 1 N–H and O–H groups in total. The highest BCUT2D eigenvalue weighted by molar-refractivity contribution is 6.23. The first-order valence-electron chi connectivity index (χ1n) is 9.54. The Morgan fingerprint density at radius 1 is 1.12 bits per heavy atom. The Morgan fingerprint density at radius 2 is 1.88 bits per heavy atom. The van der Waals surface area contributed by atoms with Gasteiger partial charge in [0, 0.05) is 17.7 Å². The molecule has 1 aliphatic rings. The van der Waals surface area contributed by atoms with Crippen molar-refractivity contribution in [1.82, 2.24) is 15.0 Å². The number of alkyl halides is 3. The number of hydrogen-bond acceptors (Lipinski definition) is 5. The fourth-order valence-corrected chi connectivity index (χ4v) is 3.56. The minimum absolute atomic E-state index is 0.0250. The van der Waals surface area contributed by atoms with Crippen molar-refractivity contribution in [2.24, 2.45) is 0 Å². The van der Waals surface area contributed by atoms with Crippen LogP contribution in [-0.4, -0.2) is 44.4 Å². The van der Waals surface area contributed by atoms with Gasteiger partial charge in [0.2, 0.25) is 5.78 Å². The molecule has 3 aromatic rings. The number of anilines is 1. The van der Waals surface area contributed by atoms with Gasteiger partial charge in [-0.05, 0) is 36.8 Å². The largest absolute Gasteiger partial charge is 0.419 e. The smallest absolute Gasteiger partial charge is 0.376 e. The molecule has 166 valence electrons. The molecule has 0 spiro atoms. The van der Waals surface area contributed by atoms with E-state index in [1.165, 1.54) is 21.8 Å². The van der Waals surface area contributed by atoms with Crippen LogP contribution in [0.25, 0.3) is 11.3 Å². The summed E-state index contributed by atoms with van der Waals surface area (Å²) < 4.78 is 53.2. The van der Waals surface area contributed by atoms with E-state index in [1.54, 1.807) is 19.1 Å². The molecule has 7 nitrogen and oxygen atoms in total. The fraction of sp³-hybridized carbons (Fsp3) is 0.238. The standard InChI is InChI=1S/C21H16F4N4O3/c1-2-29-17-6-4-12(8-13(17)18(30)19(31)20(29)32)16-10-28(27-26-16)9-11-3-5-14(15(22)7-11)21(23,24)25/h3-8,10,19,31H,2,9H2,1H3. The van der Waals surface area contributed by atoms with E-state index in [1.807, 2.05) is 0 Å². The third-order valence-corrected chi connectivity index (χ3v) is 5.14. The topological polar surface area (TPSA) is 88.3 Å². The Labute approximate surface area is 178 Å². The molecule has 1 aliphatic heterocycles. The van der Waals surface area contributed by atoms with Crippen molar-refractivity contribution in [1.29, 1.82) is 0 Å². The van der Waals surface area contributed by atoms with Crippen molar-refractivity contribution in [3.8, 4) is 11.3 Å². The summed E-state index contributed by atoms with van der Waals surface area (Å²) in [7, 11) is 0. The van der Waals surface area contributed by atoms with Crippen molar-refractivity contribution < 1.29 is 32.3 Å². The first-order chi connectivity index (χ1) is 15.1. The van der Waals surface area contributed by atoms with Crippen molar-refractivity contribution in [3.05, 3.63) is 65.1 Å². The van der Waals surface area contributed by atoms with E-state index in [4.69, 9.17) is 0 Å². The molecular weight excluding hydrogens is 432 g/mol. The highest BCUT2D eigenvalue weighted by atomic mass is 19.4. The van der Waals surface area contributed by atoms with E-state index in [0.717, 1.165) is 12.1 Å². The van der Waals surface area contributed by atoms with Crippen LogP contribution in [0.15, 0.2) is 42.6 Å². The summed E-state index contributed by atoms with van der Waals surface area (Å²) >= 11 is 0. The number of aromatic nitrogens is 3. The molecule has 1 aromatic heterocycles. The Hall–Kier alpha value is -3.60. The highest BCUT2D eigenvalue weighted by Gasteiger charge is 2.37. The molecule has 2 aromatic carbocycles. The van der Waals surface area contributed by atoms with Crippen LogP contribution < -0.4 is 4.90 Å². The lowest BCUT2D eigenvalue weighted by molar-refractivity contribution is -0.140. The molecule has 1 amide bonds. The lowest BCUT2D eigenvalue weighted by Crippen LogP contribution is -2.48. The van der Waals surface area contributed by atoms with Gasteiger partial charge in [-0.1, -0.05) is 17.3 Å². The third kappa shape index (κ3) is 3.75. The van der Waals surface area contributed by atoms with Gasteiger partial charge in [0.05, 0.1) is 24.0 Å². The maximum absolute atomic E-state index is 13.8. The molecule has 1 unspecified atom stereocenters. The summed E-state index contributed by atoms with van der Waals surface area (Å²) in [6.45, 7) is 1.96. The lowest BCUT2D eigenvalue weighted by atomic mass is 9.95. The van der Waals surface area contributed by atoms with Crippen LogP contribution >= 0.6 is 0 Å². The van der Waals surface area contributed by atoms with Crippen LogP contribution in [0.4, 0.5) is 23.2 Å². The Balaban J connectivity index is 1.60. The predicted octanol–water partition coefficient (Wildman–Crippen LogP) is 3.06. The van der Waals surface area contributed by atoms with Gasteiger partial charge in [-0.2, -0.15) is 13.2 Å². The number of rotatable bonds is 4. The van der Waals surface area contributed by atoms with Gasteiger partial charge < -0.3 is 10.0 Å². The van der Waals surface area contributed by atoms with Gasteiger partial charge in [-0.25, -0.2) is 9.07 Å². The van der Waals surface area contributed by atoms with Crippen molar-refractivity contribution >= 4 is 17.4 Å². The third-order valence-electron chi connectivity index (χ3n) is 5.14. The molecule has 4 rings (SSSR count). The first-order valence-corrected chi connectivity index (χ1v) is 9.54. The zero-order valence-electron chi connectivity index (χ0n) is 16.6. The van der Waals surface area contributed by atoms with Crippen LogP contribution in [0.5, 0.6) is 0 Å². The number of Topliss-reactive ketones (excluding diaryl/α,β-unsaturated/α-hetero) is 1. The number of nitrogens with zero attached hydrogens (tertiary/aromatic N) is 4. The number of amides is 1. The van der Waals surface area contributed by atoms with E-state index in [2.05, 4.69) is 10.3 Å². The Bertz CT molecular complexity index is 1220. The van der Waals surface area contributed by atoms with Gasteiger partial charge in [0.1, 0.15) is 11.5 Å². The quantitative estimate of drug-likeness (QED) is 0.490. The summed E-state index contributed by atoms with van der Waals surface area (Å²) in [5.41, 5.74) is 0.288. The monoisotopic (exact) mass is 448 g/mol. The summed E-state index contributed by atoms with van der Waals surface area (Å²) in [6, 6.07) is 7.31. The second-order valence-electron chi connectivity index (χ2n) is 7.19. The van der Waals surface area contributed by atoms with Crippen LogP contribution in [0.1, 0.15) is 28.4 Å². The maximum atomic E-state index is 13.8. The fourth-order valence-electron chi connectivity index (χ4n) is 3.56. The SMILES string of the molecule is CCN1C(=O)C(O)C(=O)c2cc(-c3cn(Cc4ccc(C(F)(F)F)c(F)c4)nn3)ccc21. The van der Waals surface area contributed by atoms with Crippen LogP contribution in [-0.2, 0) is 17.5 Å². The number of ketones is 1. The average molecular weight is 448 g/mol. The second-order valence-corrected chi connectivity index (χ2v) is 7.19. The molecule has 0 bridgehead atoms. The summed E-state index contributed by atoms with van der Waals surface area (Å²) in [5.74, 6) is -2.78. The predicted molar refractivity (Wildman–Crippen MR) is 104 cm³/mol. The van der Waals surface area contributed by atoms with E-state index < -0.39 is 35.4 Å². The number of carbonyl (C=O) groups excluding carboxylic acids is 2. The van der Waals surface area contributed by atoms with Gasteiger partial charge in [-0.15, -0.1) is 5.10 Å².